The first-order valence-electron chi connectivity index (χ1n) is 7.00. The number of hydrogen-bond acceptors (Lipinski definition) is 1. The second-order valence-electron chi connectivity index (χ2n) is 4.85. The molecule has 19 heavy (non-hydrogen) atoms. The van der Waals surface area contributed by atoms with Gasteiger partial charge in [-0.25, -0.2) is 0 Å². The van der Waals surface area contributed by atoms with Gasteiger partial charge < -0.3 is 0 Å². The molecule has 0 fully saturated rings. The van der Waals surface area contributed by atoms with Gasteiger partial charge in [0.2, 0.25) is 0 Å². The zero-order valence-corrected chi connectivity index (χ0v) is 11.7. The second kappa shape index (κ2) is 6.89. The summed E-state index contributed by atoms with van der Waals surface area (Å²) >= 11 is 0. The van der Waals surface area contributed by atoms with Crippen LogP contribution in [0.3, 0.4) is 0 Å². The first-order chi connectivity index (χ1) is 9.31. The third-order valence-electron chi connectivity index (χ3n) is 3.15. The summed E-state index contributed by atoms with van der Waals surface area (Å²) in [7, 11) is 0. The molecule has 1 atom stereocenters. The highest BCUT2D eigenvalue weighted by Gasteiger charge is 2.08. The molecule has 2 rings (SSSR count). The minimum Gasteiger partial charge on any atom is -0.281 e. The SMILES string of the molecule is CCCC(C)N=C(c1ccccc1)c1ccccc1. The zero-order valence-electron chi connectivity index (χ0n) is 11.7. The smallest absolute Gasteiger partial charge is 0.0722 e. The van der Waals surface area contributed by atoms with E-state index in [9.17, 15) is 0 Å². The molecular formula is C18H21N. The Morgan fingerprint density at radius 2 is 1.37 bits per heavy atom. The molecule has 0 amide bonds. The average Bonchev–Trinajstić information content (AvgIpc) is 2.47. The van der Waals surface area contributed by atoms with E-state index in [4.69, 9.17) is 4.99 Å². The number of rotatable bonds is 5. The van der Waals surface area contributed by atoms with Crippen molar-refractivity contribution in [3.63, 3.8) is 0 Å². The molecule has 0 aromatic heterocycles. The van der Waals surface area contributed by atoms with Crippen molar-refractivity contribution in [1.82, 2.24) is 0 Å². The van der Waals surface area contributed by atoms with Gasteiger partial charge in [0.1, 0.15) is 0 Å². The van der Waals surface area contributed by atoms with E-state index in [1.165, 1.54) is 17.5 Å². The summed E-state index contributed by atoms with van der Waals surface area (Å²) in [5, 5.41) is 0. The molecule has 0 saturated carbocycles. The van der Waals surface area contributed by atoms with Crippen molar-refractivity contribution < 1.29 is 0 Å². The van der Waals surface area contributed by atoms with E-state index in [0.29, 0.717) is 6.04 Å². The first-order valence-corrected chi connectivity index (χ1v) is 7.00. The van der Waals surface area contributed by atoms with Crippen molar-refractivity contribution in [2.24, 2.45) is 4.99 Å². The van der Waals surface area contributed by atoms with Crippen molar-refractivity contribution in [1.29, 1.82) is 0 Å². The molecule has 0 aliphatic carbocycles. The lowest BCUT2D eigenvalue weighted by Gasteiger charge is -2.11. The Hall–Kier alpha value is -1.89. The Bertz CT molecular complexity index is 472. The van der Waals surface area contributed by atoms with Gasteiger partial charge in [0.15, 0.2) is 0 Å². The number of hydrogen-bond donors (Lipinski definition) is 0. The molecule has 0 aliphatic rings. The van der Waals surface area contributed by atoms with Gasteiger partial charge in [-0.1, -0.05) is 74.0 Å². The van der Waals surface area contributed by atoms with Crippen molar-refractivity contribution >= 4 is 5.71 Å². The quantitative estimate of drug-likeness (QED) is 0.682. The third kappa shape index (κ3) is 3.78. The van der Waals surface area contributed by atoms with Crippen LogP contribution in [0.4, 0.5) is 0 Å². The summed E-state index contributed by atoms with van der Waals surface area (Å²) in [6.07, 6.45) is 2.30. The zero-order chi connectivity index (χ0) is 13.5. The van der Waals surface area contributed by atoms with Gasteiger partial charge >= 0.3 is 0 Å². The molecule has 0 radical (unpaired) electrons. The molecule has 1 unspecified atom stereocenters. The molecule has 2 aromatic carbocycles. The molecule has 0 heterocycles. The second-order valence-corrected chi connectivity index (χ2v) is 4.85. The predicted molar refractivity (Wildman–Crippen MR) is 82.9 cm³/mol. The van der Waals surface area contributed by atoms with Crippen LogP contribution in [-0.2, 0) is 0 Å². The maximum absolute atomic E-state index is 4.92. The van der Waals surface area contributed by atoms with Gasteiger partial charge in [0, 0.05) is 17.2 Å². The molecule has 0 saturated heterocycles. The lowest BCUT2D eigenvalue weighted by atomic mass is 10.0. The van der Waals surface area contributed by atoms with Crippen LogP contribution in [0.15, 0.2) is 65.7 Å². The van der Waals surface area contributed by atoms with Gasteiger partial charge in [-0.3, -0.25) is 4.99 Å². The van der Waals surface area contributed by atoms with Crippen LogP contribution in [0.1, 0.15) is 37.8 Å². The maximum atomic E-state index is 4.92. The van der Waals surface area contributed by atoms with E-state index < -0.39 is 0 Å². The summed E-state index contributed by atoms with van der Waals surface area (Å²) in [6.45, 7) is 4.39. The average molecular weight is 251 g/mol. The lowest BCUT2D eigenvalue weighted by molar-refractivity contribution is 0.655. The fraction of sp³-hybridized carbons (Fsp3) is 0.278. The summed E-state index contributed by atoms with van der Waals surface area (Å²) < 4.78 is 0. The Morgan fingerprint density at radius 1 is 0.895 bits per heavy atom. The van der Waals surface area contributed by atoms with Gasteiger partial charge in [0.05, 0.1) is 5.71 Å². The van der Waals surface area contributed by atoms with Crippen molar-refractivity contribution in [2.45, 2.75) is 32.7 Å². The van der Waals surface area contributed by atoms with Crippen LogP contribution in [0.5, 0.6) is 0 Å². The molecule has 98 valence electrons. The first kappa shape index (κ1) is 13.5. The number of aliphatic imine (C=N–C) groups is 1. The fourth-order valence-electron chi connectivity index (χ4n) is 2.21. The van der Waals surface area contributed by atoms with Crippen molar-refractivity contribution in [3.05, 3.63) is 71.8 Å². The van der Waals surface area contributed by atoms with Gasteiger partial charge in [-0.05, 0) is 13.3 Å². The monoisotopic (exact) mass is 251 g/mol. The highest BCUT2D eigenvalue weighted by atomic mass is 14.8. The Labute approximate surface area is 116 Å². The van der Waals surface area contributed by atoms with Crippen molar-refractivity contribution in [3.8, 4) is 0 Å². The standard InChI is InChI=1S/C18H21N/c1-3-10-15(2)19-18(16-11-6-4-7-12-16)17-13-8-5-9-14-17/h4-9,11-15H,3,10H2,1-2H3. The van der Waals surface area contributed by atoms with E-state index >= 15 is 0 Å². The van der Waals surface area contributed by atoms with E-state index in [1.807, 2.05) is 12.1 Å². The topological polar surface area (TPSA) is 12.4 Å². The van der Waals surface area contributed by atoms with Gasteiger partial charge in [-0.15, -0.1) is 0 Å². The minimum atomic E-state index is 0.361. The molecule has 1 heteroatoms. The third-order valence-corrected chi connectivity index (χ3v) is 3.15. The normalized spacial score (nSPS) is 11.9. The van der Waals surface area contributed by atoms with E-state index in [-0.39, 0.29) is 0 Å². The van der Waals surface area contributed by atoms with Crippen LogP contribution >= 0.6 is 0 Å². The van der Waals surface area contributed by atoms with E-state index in [0.717, 1.165) is 12.1 Å². The summed E-state index contributed by atoms with van der Waals surface area (Å²) in [5.41, 5.74) is 3.48. The van der Waals surface area contributed by atoms with E-state index in [2.05, 4.69) is 62.4 Å². The molecule has 0 spiro atoms. The maximum Gasteiger partial charge on any atom is 0.0722 e. The highest BCUT2D eigenvalue weighted by molar-refractivity contribution is 6.12. The Kier molecular flexibility index (Phi) is 4.91. The highest BCUT2D eigenvalue weighted by Crippen LogP contribution is 2.13. The number of benzene rings is 2. The Balaban J connectivity index is 2.40. The lowest BCUT2D eigenvalue weighted by Crippen LogP contribution is -2.08. The Morgan fingerprint density at radius 3 is 1.79 bits per heavy atom. The van der Waals surface area contributed by atoms with Gasteiger partial charge in [0.25, 0.3) is 0 Å². The molecule has 2 aromatic rings. The van der Waals surface area contributed by atoms with Crippen LogP contribution in [0.25, 0.3) is 0 Å². The van der Waals surface area contributed by atoms with Crippen LogP contribution < -0.4 is 0 Å². The number of nitrogens with zero attached hydrogens (tertiary/aromatic N) is 1. The van der Waals surface area contributed by atoms with Gasteiger partial charge in [-0.2, -0.15) is 0 Å². The molecule has 1 nitrogen and oxygen atoms in total. The fourth-order valence-corrected chi connectivity index (χ4v) is 2.21. The summed E-state index contributed by atoms with van der Waals surface area (Å²) in [6, 6.07) is 21.2. The minimum absolute atomic E-state index is 0.361. The molecule has 0 aliphatic heterocycles. The van der Waals surface area contributed by atoms with Crippen LogP contribution in [0.2, 0.25) is 0 Å². The molecule has 0 N–H and O–H groups in total. The summed E-state index contributed by atoms with van der Waals surface area (Å²) in [5.74, 6) is 0. The predicted octanol–water partition coefficient (Wildman–Crippen LogP) is 4.71. The van der Waals surface area contributed by atoms with Crippen LogP contribution in [-0.4, -0.2) is 11.8 Å². The molecular weight excluding hydrogens is 230 g/mol. The van der Waals surface area contributed by atoms with Crippen molar-refractivity contribution in [2.75, 3.05) is 0 Å². The summed E-state index contributed by atoms with van der Waals surface area (Å²) in [4.78, 5) is 4.92. The van der Waals surface area contributed by atoms with Crippen LogP contribution in [0, 0.1) is 0 Å². The molecule has 0 bridgehead atoms. The largest absolute Gasteiger partial charge is 0.281 e. The van der Waals surface area contributed by atoms with E-state index in [1.54, 1.807) is 0 Å².